The molecular weight excluding hydrogens is 308 g/mol. The van der Waals surface area contributed by atoms with Crippen LogP contribution < -0.4 is 10.6 Å². The highest BCUT2D eigenvalue weighted by Gasteiger charge is 2.29. The molecule has 0 aromatic heterocycles. The van der Waals surface area contributed by atoms with E-state index >= 15 is 0 Å². The van der Waals surface area contributed by atoms with Gasteiger partial charge in [0.25, 0.3) is 0 Å². The molecule has 2 rings (SSSR count). The molecule has 0 aromatic rings. The lowest BCUT2D eigenvalue weighted by Crippen LogP contribution is -2.54. The lowest BCUT2D eigenvalue weighted by molar-refractivity contribution is -0.127. The van der Waals surface area contributed by atoms with Crippen molar-refractivity contribution in [2.45, 2.75) is 83.0 Å². The van der Waals surface area contributed by atoms with E-state index in [9.17, 15) is 9.59 Å². The van der Waals surface area contributed by atoms with E-state index in [1.165, 1.54) is 0 Å². The number of nitrogens with one attached hydrogen (secondary N) is 2. The Labute approximate surface area is 145 Å². The van der Waals surface area contributed by atoms with E-state index in [2.05, 4.69) is 17.6 Å². The molecule has 138 valence electrons. The number of amides is 2. The third-order valence-electron chi connectivity index (χ3n) is 4.79. The molecule has 3 atom stereocenters. The highest BCUT2D eigenvalue weighted by molar-refractivity contribution is 5.78. The molecule has 2 N–H and O–H groups in total. The van der Waals surface area contributed by atoms with E-state index in [1.54, 1.807) is 0 Å². The first-order valence-corrected chi connectivity index (χ1v) is 9.31. The first-order chi connectivity index (χ1) is 11.5. The van der Waals surface area contributed by atoms with E-state index < -0.39 is 5.54 Å². The maximum absolute atomic E-state index is 12.3. The van der Waals surface area contributed by atoms with Crippen molar-refractivity contribution in [2.24, 2.45) is 0 Å². The zero-order chi connectivity index (χ0) is 17.4. The average Bonchev–Trinajstić information content (AvgIpc) is 3.19. The van der Waals surface area contributed by atoms with Crippen molar-refractivity contribution in [3.8, 4) is 0 Å². The standard InChI is InChI=1S/C18H32N2O4/c1-3-8-18(2,20-17(22)12-15-7-5-10-24-15)13-19-16(21)11-14-6-4-9-23-14/h14-15H,3-13H2,1-2H3,(H,19,21)(H,20,22)/t14-,15+,18-/m1/s1. The van der Waals surface area contributed by atoms with Gasteiger partial charge in [-0.05, 0) is 39.0 Å². The maximum Gasteiger partial charge on any atom is 0.223 e. The SMILES string of the molecule is CCC[C@](C)(CNC(=O)C[C@H]1CCCO1)NC(=O)C[C@@H]1CCCO1. The van der Waals surface area contributed by atoms with Crippen molar-refractivity contribution in [1.82, 2.24) is 10.6 Å². The van der Waals surface area contributed by atoms with Gasteiger partial charge in [-0.1, -0.05) is 13.3 Å². The lowest BCUT2D eigenvalue weighted by atomic mass is 9.95. The topological polar surface area (TPSA) is 76.7 Å². The predicted octanol–water partition coefficient (Wildman–Crippen LogP) is 1.92. The molecule has 2 amide bonds. The second kappa shape index (κ2) is 9.37. The number of hydrogen-bond donors (Lipinski definition) is 2. The molecule has 6 heteroatoms. The summed E-state index contributed by atoms with van der Waals surface area (Å²) in [5, 5.41) is 6.07. The van der Waals surface area contributed by atoms with Gasteiger partial charge in [0.2, 0.25) is 11.8 Å². The summed E-state index contributed by atoms with van der Waals surface area (Å²) in [7, 11) is 0. The quantitative estimate of drug-likeness (QED) is 0.672. The minimum atomic E-state index is -0.420. The smallest absolute Gasteiger partial charge is 0.223 e. The molecule has 2 heterocycles. The summed E-state index contributed by atoms with van der Waals surface area (Å²) in [4.78, 5) is 24.4. The van der Waals surface area contributed by atoms with Crippen LogP contribution >= 0.6 is 0 Å². The van der Waals surface area contributed by atoms with E-state index in [0.29, 0.717) is 19.4 Å². The third kappa shape index (κ3) is 6.40. The van der Waals surface area contributed by atoms with Gasteiger partial charge in [0, 0.05) is 19.8 Å². The fourth-order valence-electron chi connectivity index (χ4n) is 3.52. The Morgan fingerprint density at radius 3 is 2.12 bits per heavy atom. The van der Waals surface area contributed by atoms with Gasteiger partial charge in [0.15, 0.2) is 0 Å². The van der Waals surface area contributed by atoms with Gasteiger partial charge in [-0.25, -0.2) is 0 Å². The molecule has 0 unspecified atom stereocenters. The molecule has 2 saturated heterocycles. The van der Waals surface area contributed by atoms with Crippen LogP contribution in [0.4, 0.5) is 0 Å². The van der Waals surface area contributed by atoms with Crippen molar-refractivity contribution in [2.75, 3.05) is 19.8 Å². The van der Waals surface area contributed by atoms with Crippen LogP contribution in [0.1, 0.15) is 65.2 Å². The zero-order valence-corrected chi connectivity index (χ0v) is 15.1. The Bertz CT molecular complexity index is 417. The molecule has 2 aliphatic heterocycles. The van der Waals surface area contributed by atoms with Crippen LogP contribution in [0.2, 0.25) is 0 Å². The van der Waals surface area contributed by atoms with Gasteiger partial charge in [0.05, 0.1) is 30.6 Å². The third-order valence-corrected chi connectivity index (χ3v) is 4.79. The van der Waals surface area contributed by atoms with Gasteiger partial charge in [-0.3, -0.25) is 9.59 Å². The van der Waals surface area contributed by atoms with E-state index in [4.69, 9.17) is 9.47 Å². The van der Waals surface area contributed by atoms with Gasteiger partial charge >= 0.3 is 0 Å². The van der Waals surface area contributed by atoms with Crippen LogP contribution in [0.25, 0.3) is 0 Å². The molecule has 0 aromatic carbocycles. The molecule has 0 bridgehead atoms. The van der Waals surface area contributed by atoms with Crippen molar-refractivity contribution < 1.29 is 19.1 Å². The summed E-state index contributed by atoms with van der Waals surface area (Å²) >= 11 is 0. The van der Waals surface area contributed by atoms with Gasteiger partial charge < -0.3 is 20.1 Å². The Morgan fingerprint density at radius 1 is 1.04 bits per heavy atom. The molecular formula is C18H32N2O4. The van der Waals surface area contributed by atoms with Crippen molar-refractivity contribution >= 4 is 11.8 Å². The minimum absolute atomic E-state index is 0.00222. The fourth-order valence-corrected chi connectivity index (χ4v) is 3.52. The number of hydrogen-bond acceptors (Lipinski definition) is 4. The van der Waals surface area contributed by atoms with Crippen LogP contribution in [0.15, 0.2) is 0 Å². The molecule has 6 nitrogen and oxygen atoms in total. The van der Waals surface area contributed by atoms with Gasteiger partial charge in [-0.2, -0.15) is 0 Å². The number of carbonyl (C=O) groups excluding carboxylic acids is 2. The summed E-state index contributed by atoms with van der Waals surface area (Å²) in [5.41, 5.74) is -0.420. The van der Waals surface area contributed by atoms with Crippen LogP contribution in [0.5, 0.6) is 0 Å². The summed E-state index contributed by atoms with van der Waals surface area (Å²) in [6.07, 6.45) is 6.65. The largest absolute Gasteiger partial charge is 0.378 e. The molecule has 2 aliphatic rings. The lowest BCUT2D eigenvalue weighted by Gasteiger charge is -2.31. The van der Waals surface area contributed by atoms with Crippen molar-refractivity contribution in [3.63, 3.8) is 0 Å². The van der Waals surface area contributed by atoms with Gasteiger partial charge in [-0.15, -0.1) is 0 Å². The van der Waals surface area contributed by atoms with Crippen LogP contribution in [0, 0.1) is 0 Å². The maximum atomic E-state index is 12.3. The molecule has 0 radical (unpaired) electrons. The van der Waals surface area contributed by atoms with E-state index in [1.807, 2.05) is 6.92 Å². The van der Waals surface area contributed by atoms with Crippen molar-refractivity contribution in [1.29, 1.82) is 0 Å². The Hall–Kier alpha value is -1.14. The summed E-state index contributed by atoms with van der Waals surface area (Å²) in [5.74, 6) is 0.00354. The molecule has 0 saturated carbocycles. The molecule has 2 fully saturated rings. The minimum Gasteiger partial charge on any atom is -0.378 e. The fraction of sp³-hybridized carbons (Fsp3) is 0.889. The van der Waals surface area contributed by atoms with Crippen LogP contribution in [-0.4, -0.2) is 49.3 Å². The zero-order valence-electron chi connectivity index (χ0n) is 15.1. The molecule has 0 aliphatic carbocycles. The van der Waals surface area contributed by atoms with Gasteiger partial charge in [0.1, 0.15) is 0 Å². The Morgan fingerprint density at radius 2 is 1.62 bits per heavy atom. The summed E-state index contributed by atoms with van der Waals surface area (Å²) < 4.78 is 11.0. The highest BCUT2D eigenvalue weighted by atomic mass is 16.5. The van der Waals surface area contributed by atoms with E-state index in [-0.39, 0.29) is 24.0 Å². The normalized spacial score (nSPS) is 26.1. The summed E-state index contributed by atoms with van der Waals surface area (Å²) in [6, 6.07) is 0. The number of rotatable bonds is 9. The van der Waals surface area contributed by atoms with Crippen LogP contribution in [-0.2, 0) is 19.1 Å². The molecule has 24 heavy (non-hydrogen) atoms. The molecule has 0 spiro atoms. The summed E-state index contributed by atoms with van der Waals surface area (Å²) in [6.45, 7) is 6.03. The second-order valence-electron chi connectivity index (χ2n) is 7.31. The number of carbonyl (C=O) groups is 2. The predicted molar refractivity (Wildman–Crippen MR) is 91.6 cm³/mol. The van der Waals surface area contributed by atoms with Crippen molar-refractivity contribution in [3.05, 3.63) is 0 Å². The highest BCUT2D eigenvalue weighted by Crippen LogP contribution is 2.18. The number of ether oxygens (including phenoxy) is 2. The average molecular weight is 340 g/mol. The second-order valence-corrected chi connectivity index (χ2v) is 7.31. The Balaban J connectivity index is 1.76. The monoisotopic (exact) mass is 340 g/mol. The van der Waals surface area contributed by atoms with Crippen LogP contribution in [0.3, 0.4) is 0 Å². The van der Waals surface area contributed by atoms with E-state index in [0.717, 1.165) is 51.7 Å². The first-order valence-electron chi connectivity index (χ1n) is 9.31. The first kappa shape index (κ1) is 19.2. The Kier molecular flexibility index (Phi) is 7.49.